The SMILES string of the molecule is NC(=O)CCC(NC(=O)C(Cc1ccccc1)NC(=O)C(N)CO)C(=O)NC(CCC(=O)O)C(=O)O. The molecule has 10 N–H and O–H groups in total. The molecule has 1 aromatic rings. The molecular weight excluding hydrogens is 478 g/mol. The van der Waals surface area contributed by atoms with Crippen molar-refractivity contribution < 1.29 is 44.1 Å². The van der Waals surface area contributed by atoms with E-state index in [0.717, 1.165) is 0 Å². The predicted molar refractivity (Wildman–Crippen MR) is 124 cm³/mol. The van der Waals surface area contributed by atoms with Crippen LogP contribution in [-0.4, -0.2) is 81.7 Å². The second-order valence-electron chi connectivity index (χ2n) is 7.94. The first kappa shape index (κ1) is 30.0. The Balaban J connectivity index is 3.10. The summed E-state index contributed by atoms with van der Waals surface area (Å²) in [6.07, 6.45) is -1.60. The van der Waals surface area contributed by atoms with Gasteiger partial charge in [0, 0.05) is 19.3 Å². The van der Waals surface area contributed by atoms with Crippen molar-refractivity contribution >= 4 is 35.6 Å². The number of nitrogens with one attached hydrogen (secondary N) is 3. The lowest BCUT2D eigenvalue weighted by Crippen LogP contribution is -2.58. The van der Waals surface area contributed by atoms with Gasteiger partial charge < -0.3 is 42.7 Å². The van der Waals surface area contributed by atoms with Crippen LogP contribution in [0.4, 0.5) is 0 Å². The summed E-state index contributed by atoms with van der Waals surface area (Å²) in [7, 11) is 0. The van der Waals surface area contributed by atoms with Crippen LogP contribution >= 0.6 is 0 Å². The third-order valence-electron chi connectivity index (χ3n) is 5.02. The van der Waals surface area contributed by atoms with Gasteiger partial charge in [-0.05, 0) is 18.4 Å². The average Bonchev–Trinajstić information content (AvgIpc) is 2.83. The van der Waals surface area contributed by atoms with E-state index in [-0.39, 0.29) is 19.3 Å². The van der Waals surface area contributed by atoms with Crippen molar-refractivity contribution in [2.45, 2.75) is 56.3 Å². The summed E-state index contributed by atoms with van der Waals surface area (Å²) in [5, 5.41) is 34.1. The molecule has 14 heteroatoms. The van der Waals surface area contributed by atoms with Crippen LogP contribution in [0, 0.1) is 0 Å². The minimum atomic E-state index is -1.57. The Labute approximate surface area is 206 Å². The van der Waals surface area contributed by atoms with Gasteiger partial charge in [0.15, 0.2) is 0 Å². The highest BCUT2D eigenvalue weighted by Crippen LogP contribution is 2.07. The number of aliphatic hydroxyl groups is 1. The fourth-order valence-electron chi connectivity index (χ4n) is 3.05. The Morgan fingerprint density at radius 1 is 0.778 bits per heavy atom. The number of aliphatic hydroxyl groups excluding tert-OH is 1. The number of hydrogen-bond acceptors (Lipinski definition) is 8. The highest BCUT2D eigenvalue weighted by Gasteiger charge is 2.30. The smallest absolute Gasteiger partial charge is 0.326 e. The van der Waals surface area contributed by atoms with E-state index in [1.165, 1.54) is 0 Å². The molecule has 0 radical (unpaired) electrons. The third kappa shape index (κ3) is 10.9. The molecule has 0 aliphatic carbocycles. The van der Waals surface area contributed by atoms with E-state index in [0.29, 0.717) is 5.56 Å². The predicted octanol–water partition coefficient (Wildman–Crippen LogP) is -2.78. The maximum atomic E-state index is 13.1. The minimum absolute atomic E-state index is 0.0168. The first-order valence-corrected chi connectivity index (χ1v) is 11.0. The third-order valence-corrected chi connectivity index (χ3v) is 5.02. The molecule has 0 aromatic heterocycles. The van der Waals surface area contributed by atoms with Crippen molar-refractivity contribution in [3.8, 4) is 0 Å². The summed E-state index contributed by atoms with van der Waals surface area (Å²) in [6, 6.07) is 2.98. The van der Waals surface area contributed by atoms with Gasteiger partial charge in [0.1, 0.15) is 24.2 Å². The molecule has 0 bridgehead atoms. The molecule has 0 aliphatic rings. The first-order valence-electron chi connectivity index (χ1n) is 11.0. The topological polar surface area (TPSA) is 251 Å². The Morgan fingerprint density at radius 2 is 1.31 bits per heavy atom. The molecule has 36 heavy (non-hydrogen) atoms. The van der Waals surface area contributed by atoms with Crippen molar-refractivity contribution in [2.24, 2.45) is 11.5 Å². The normalized spacial score (nSPS) is 13.9. The number of carboxylic acids is 2. The zero-order chi connectivity index (χ0) is 27.3. The van der Waals surface area contributed by atoms with E-state index >= 15 is 0 Å². The maximum absolute atomic E-state index is 13.1. The number of rotatable bonds is 16. The van der Waals surface area contributed by atoms with Crippen LogP contribution in [0.1, 0.15) is 31.2 Å². The lowest BCUT2D eigenvalue weighted by Gasteiger charge is -2.25. The number of carbonyl (C=O) groups excluding carboxylic acids is 4. The van der Waals surface area contributed by atoms with Crippen LogP contribution in [0.15, 0.2) is 30.3 Å². The number of benzene rings is 1. The first-order chi connectivity index (χ1) is 16.9. The molecule has 1 aromatic carbocycles. The second kappa shape index (κ2) is 15.1. The van der Waals surface area contributed by atoms with Crippen LogP contribution in [0.5, 0.6) is 0 Å². The Kier molecular flexibility index (Phi) is 12.5. The molecule has 4 atom stereocenters. The van der Waals surface area contributed by atoms with E-state index in [1.807, 2.05) is 0 Å². The molecular formula is C22H31N5O9. The quantitative estimate of drug-likeness (QED) is 0.114. The van der Waals surface area contributed by atoms with Crippen LogP contribution in [0.2, 0.25) is 0 Å². The molecule has 0 heterocycles. The Morgan fingerprint density at radius 3 is 1.83 bits per heavy atom. The van der Waals surface area contributed by atoms with Crippen molar-refractivity contribution in [3.05, 3.63) is 35.9 Å². The number of carboxylic acid groups (broad SMARTS) is 2. The van der Waals surface area contributed by atoms with E-state index in [4.69, 9.17) is 21.7 Å². The molecule has 0 aliphatic heterocycles. The number of primary amides is 1. The van der Waals surface area contributed by atoms with E-state index in [1.54, 1.807) is 30.3 Å². The van der Waals surface area contributed by atoms with Crippen molar-refractivity contribution in [3.63, 3.8) is 0 Å². The number of amides is 4. The van der Waals surface area contributed by atoms with Gasteiger partial charge in [-0.25, -0.2) is 4.79 Å². The van der Waals surface area contributed by atoms with E-state index in [2.05, 4.69) is 16.0 Å². The molecule has 14 nitrogen and oxygen atoms in total. The highest BCUT2D eigenvalue weighted by atomic mass is 16.4. The molecule has 0 saturated heterocycles. The summed E-state index contributed by atoms with van der Waals surface area (Å²) >= 11 is 0. The zero-order valence-electron chi connectivity index (χ0n) is 19.4. The molecule has 198 valence electrons. The summed E-state index contributed by atoms with van der Waals surface area (Å²) in [5.41, 5.74) is 11.3. The van der Waals surface area contributed by atoms with Crippen LogP contribution in [0.25, 0.3) is 0 Å². The van der Waals surface area contributed by atoms with Crippen LogP contribution in [0.3, 0.4) is 0 Å². The number of carbonyl (C=O) groups is 6. The standard InChI is InChI=1S/C22H31N5O9/c23-13(11-28)19(32)27-16(10-12-4-2-1-3-5-12)21(34)25-14(6-8-17(24)29)20(33)26-15(22(35)36)7-9-18(30)31/h1-5,13-16,28H,6-11,23H2,(H2,24,29)(H,25,34)(H,26,33)(H,27,32)(H,30,31)(H,35,36). The molecule has 0 spiro atoms. The number of aliphatic carboxylic acids is 2. The zero-order valence-corrected chi connectivity index (χ0v) is 19.4. The van der Waals surface area contributed by atoms with Gasteiger partial charge in [-0.2, -0.15) is 0 Å². The van der Waals surface area contributed by atoms with Crippen LogP contribution in [-0.2, 0) is 35.2 Å². The fourth-order valence-corrected chi connectivity index (χ4v) is 3.05. The van der Waals surface area contributed by atoms with Gasteiger partial charge in [0.25, 0.3) is 0 Å². The van der Waals surface area contributed by atoms with Gasteiger partial charge in [-0.1, -0.05) is 30.3 Å². The number of hydrogen-bond donors (Lipinski definition) is 8. The summed E-state index contributed by atoms with van der Waals surface area (Å²) in [6.45, 7) is -0.679. The minimum Gasteiger partial charge on any atom is -0.481 e. The van der Waals surface area contributed by atoms with Crippen LogP contribution < -0.4 is 27.4 Å². The molecule has 0 saturated carbocycles. The Bertz CT molecular complexity index is 941. The number of nitrogens with two attached hydrogens (primary N) is 2. The lowest BCUT2D eigenvalue weighted by atomic mass is 10.0. The molecule has 4 amide bonds. The van der Waals surface area contributed by atoms with Crippen molar-refractivity contribution in [1.82, 2.24) is 16.0 Å². The monoisotopic (exact) mass is 509 g/mol. The average molecular weight is 510 g/mol. The molecule has 1 rings (SSSR count). The highest BCUT2D eigenvalue weighted by molar-refractivity contribution is 5.94. The molecule has 4 unspecified atom stereocenters. The van der Waals surface area contributed by atoms with Crippen molar-refractivity contribution in [2.75, 3.05) is 6.61 Å². The maximum Gasteiger partial charge on any atom is 0.326 e. The van der Waals surface area contributed by atoms with E-state index in [9.17, 15) is 33.9 Å². The summed E-state index contributed by atoms with van der Waals surface area (Å²) in [5.74, 6) is -6.21. The van der Waals surface area contributed by atoms with Gasteiger partial charge in [0.05, 0.1) is 6.61 Å². The fraction of sp³-hybridized carbons (Fsp3) is 0.455. The lowest BCUT2D eigenvalue weighted by molar-refractivity contribution is -0.143. The summed E-state index contributed by atoms with van der Waals surface area (Å²) in [4.78, 5) is 71.6. The van der Waals surface area contributed by atoms with Gasteiger partial charge >= 0.3 is 11.9 Å². The Hall–Kier alpha value is -4.04. The van der Waals surface area contributed by atoms with Gasteiger partial charge in [-0.3, -0.25) is 24.0 Å². The largest absolute Gasteiger partial charge is 0.481 e. The van der Waals surface area contributed by atoms with Gasteiger partial charge in [0.2, 0.25) is 23.6 Å². The van der Waals surface area contributed by atoms with E-state index < -0.39 is 79.2 Å². The van der Waals surface area contributed by atoms with Gasteiger partial charge in [-0.15, -0.1) is 0 Å². The summed E-state index contributed by atoms with van der Waals surface area (Å²) < 4.78 is 0. The van der Waals surface area contributed by atoms with Crippen molar-refractivity contribution in [1.29, 1.82) is 0 Å². The second-order valence-corrected chi connectivity index (χ2v) is 7.94. The molecule has 0 fully saturated rings.